The Hall–Kier alpha value is -1.44. The Kier molecular flexibility index (Phi) is 6.23. The Morgan fingerprint density at radius 2 is 2.29 bits per heavy atom. The second-order valence-electron chi connectivity index (χ2n) is 5.80. The number of hydrogen-bond donors (Lipinski definition) is 0. The lowest BCUT2D eigenvalue weighted by Crippen LogP contribution is -2.41. The first kappa shape index (κ1) is 17.4. The molecule has 0 aromatic carbocycles. The van der Waals surface area contributed by atoms with E-state index in [2.05, 4.69) is 9.97 Å². The molecule has 2 aromatic rings. The number of aryl methyl sites for hydroxylation is 1. The van der Waals surface area contributed by atoms with E-state index in [0.29, 0.717) is 12.4 Å². The minimum absolute atomic E-state index is 0.193. The Labute approximate surface area is 150 Å². The van der Waals surface area contributed by atoms with E-state index >= 15 is 0 Å². The van der Waals surface area contributed by atoms with Crippen LogP contribution in [0.3, 0.4) is 0 Å². The highest BCUT2D eigenvalue weighted by Gasteiger charge is 2.23. The Balaban J connectivity index is 1.37. The molecule has 0 atom stereocenters. The highest BCUT2D eigenvalue weighted by Crippen LogP contribution is 2.23. The van der Waals surface area contributed by atoms with Gasteiger partial charge in [0.15, 0.2) is 4.34 Å². The normalized spacial score (nSPS) is 15.6. The fourth-order valence-electron chi connectivity index (χ4n) is 2.58. The van der Waals surface area contributed by atoms with Gasteiger partial charge in [0.1, 0.15) is 0 Å². The first-order valence-electron chi connectivity index (χ1n) is 8.04. The van der Waals surface area contributed by atoms with E-state index in [0.717, 1.165) is 41.5 Å². The summed E-state index contributed by atoms with van der Waals surface area (Å²) in [7, 11) is 0. The second kappa shape index (κ2) is 8.60. The summed E-state index contributed by atoms with van der Waals surface area (Å²) < 4.78 is 6.91. The predicted octanol–water partition coefficient (Wildman–Crippen LogP) is 3.15. The van der Waals surface area contributed by atoms with Crippen LogP contribution < -0.4 is 0 Å². The van der Waals surface area contributed by atoms with Gasteiger partial charge in [-0.05, 0) is 31.4 Å². The Morgan fingerprint density at radius 1 is 1.46 bits per heavy atom. The van der Waals surface area contributed by atoms with Crippen LogP contribution in [0.5, 0.6) is 0 Å². The maximum atomic E-state index is 12.3. The zero-order valence-electron chi connectivity index (χ0n) is 13.7. The number of thiazole rings is 1. The molecule has 1 fully saturated rings. The summed E-state index contributed by atoms with van der Waals surface area (Å²) in [5.74, 6) is 0.660. The van der Waals surface area contributed by atoms with Gasteiger partial charge < -0.3 is 9.64 Å². The molecule has 1 amide bonds. The molecule has 7 heteroatoms. The lowest BCUT2D eigenvalue weighted by atomic mass is 10.1. The van der Waals surface area contributed by atoms with Gasteiger partial charge in [-0.2, -0.15) is 0 Å². The highest BCUT2D eigenvalue weighted by atomic mass is 32.2. The van der Waals surface area contributed by atoms with E-state index in [4.69, 9.17) is 4.74 Å². The van der Waals surface area contributed by atoms with Crippen molar-refractivity contribution in [1.82, 2.24) is 14.9 Å². The van der Waals surface area contributed by atoms with Gasteiger partial charge in [-0.25, -0.2) is 4.98 Å². The third-order valence-corrected chi connectivity index (χ3v) is 6.04. The first-order chi connectivity index (χ1) is 11.7. The third kappa shape index (κ3) is 5.03. The van der Waals surface area contributed by atoms with Crippen LogP contribution >= 0.6 is 23.1 Å². The topological polar surface area (TPSA) is 55.3 Å². The largest absolute Gasteiger partial charge is 0.373 e. The lowest BCUT2D eigenvalue weighted by Gasteiger charge is -2.31. The standard InChI is InChI=1S/C17H21N3O2S2/c1-13-11-23-17(19-13)24-12-16(21)20-7-4-15(5-8-20)22-10-14-3-2-6-18-9-14/h2-3,6,9,11,15H,4-5,7-8,10,12H2,1H3. The summed E-state index contributed by atoms with van der Waals surface area (Å²) in [4.78, 5) is 22.7. The van der Waals surface area contributed by atoms with Crippen molar-refractivity contribution in [3.63, 3.8) is 0 Å². The van der Waals surface area contributed by atoms with Gasteiger partial charge >= 0.3 is 0 Å². The lowest BCUT2D eigenvalue weighted by molar-refractivity contribution is -0.131. The average molecular weight is 364 g/mol. The molecule has 0 unspecified atom stereocenters. The van der Waals surface area contributed by atoms with Gasteiger partial charge in [0, 0.05) is 36.6 Å². The molecular weight excluding hydrogens is 342 g/mol. The molecule has 0 aliphatic carbocycles. The first-order valence-corrected chi connectivity index (χ1v) is 9.90. The zero-order chi connectivity index (χ0) is 16.8. The number of ether oxygens (including phenoxy) is 1. The molecule has 0 spiro atoms. The molecule has 3 rings (SSSR count). The molecule has 2 aromatic heterocycles. The van der Waals surface area contributed by atoms with Crippen molar-refractivity contribution >= 4 is 29.0 Å². The maximum absolute atomic E-state index is 12.3. The van der Waals surface area contributed by atoms with Crippen molar-refractivity contribution in [2.75, 3.05) is 18.8 Å². The van der Waals surface area contributed by atoms with E-state index in [1.807, 2.05) is 35.5 Å². The summed E-state index contributed by atoms with van der Waals surface area (Å²) in [5, 5.41) is 2.01. The van der Waals surface area contributed by atoms with Gasteiger partial charge in [-0.15, -0.1) is 11.3 Å². The van der Waals surface area contributed by atoms with E-state index in [-0.39, 0.29) is 12.0 Å². The highest BCUT2D eigenvalue weighted by molar-refractivity contribution is 8.01. The number of carbonyl (C=O) groups excluding carboxylic acids is 1. The van der Waals surface area contributed by atoms with Gasteiger partial charge in [0.25, 0.3) is 0 Å². The minimum atomic E-state index is 0.193. The Morgan fingerprint density at radius 3 is 2.96 bits per heavy atom. The Bertz CT molecular complexity index is 655. The molecule has 3 heterocycles. The number of nitrogens with zero attached hydrogens (tertiary/aromatic N) is 3. The van der Waals surface area contributed by atoms with Gasteiger partial charge in [0.05, 0.1) is 18.5 Å². The molecule has 0 N–H and O–H groups in total. The van der Waals surface area contributed by atoms with Crippen molar-refractivity contribution in [2.45, 2.75) is 36.8 Å². The number of amides is 1. The molecule has 24 heavy (non-hydrogen) atoms. The summed E-state index contributed by atoms with van der Waals surface area (Å²) in [6.07, 6.45) is 5.61. The quantitative estimate of drug-likeness (QED) is 0.738. The number of piperidine rings is 1. The molecule has 1 saturated heterocycles. The molecule has 1 aliphatic heterocycles. The number of aromatic nitrogens is 2. The molecule has 5 nitrogen and oxygen atoms in total. The molecule has 1 aliphatic rings. The van der Waals surface area contributed by atoms with Gasteiger partial charge in [-0.1, -0.05) is 17.8 Å². The third-order valence-electron chi connectivity index (χ3n) is 3.92. The number of rotatable bonds is 6. The fourth-order valence-corrected chi connectivity index (χ4v) is 4.34. The minimum Gasteiger partial charge on any atom is -0.373 e. The van der Waals surface area contributed by atoms with Crippen LogP contribution in [-0.4, -0.2) is 45.7 Å². The van der Waals surface area contributed by atoms with Crippen molar-refractivity contribution in [1.29, 1.82) is 0 Å². The predicted molar refractivity (Wildman–Crippen MR) is 96.2 cm³/mol. The van der Waals surface area contributed by atoms with Crippen LogP contribution in [0.25, 0.3) is 0 Å². The average Bonchev–Trinajstić information content (AvgIpc) is 3.04. The summed E-state index contributed by atoms with van der Waals surface area (Å²) in [6.45, 7) is 4.10. The maximum Gasteiger partial charge on any atom is 0.233 e. The SMILES string of the molecule is Cc1csc(SCC(=O)N2CCC(OCc3cccnc3)CC2)n1. The monoisotopic (exact) mass is 363 g/mol. The van der Waals surface area contributed by atoms with Crippen LogP contribution in [0.15, 0.2) is 34.2 Å². The summed E-state index contributed by atoms with van der Waals surface area (Å²) in [5.41, 5.74) is 2.10. The molecule has 0 radical (unpaired) electrons. The molecule has 0 saturated carbocycles. The second-order valence-corrected chi connectivity index (χ2v) is 7.88. The van der Waals surface area contributed by atoms with E-state index in [1.54, 1.807) is 17.5 Å². The number of pyridine rings is 1. The van der Waals surface area contributed by atoms with Gasteiger partial charge in [0.2, 0.25) is 5.91 Å². The van der Waals surface area contributed by atoms with E-state index in [1.165, 1.54) is 11.8 Å². The zero-order valence-corrected chi connectivity index (χ0v) is 15.3. The van der Waals surface area contributed by atoms with Crippen molar-refractivity contribution in [2.24, 2.45) is 0 Å². The van der Waals surface area contributed by atoms with Crippen molar-refractivity contribution in [3.8, 4) is 0 Å². The molecule has 128 valence electrons. The fraction of sp³-hybridized carbons (Fsp3) is 0.471. The number of likely N-dealkylation sites (tertiary alicyclic amines) is 1. The molecular formula is C17H21N3O2S2. The number of hydrogen-bond acceptors (Lipinski definition) is 6. The molecule has 0 bridgehead atoms. The van der Waals surface area contributed by atoms with Crippen LogP contribution in [0.1, 0.15) is 24.1 Å². The van der Waals surface area contributed by atoms with Crippen LogP contribution in [-0.2, 0) is 16.1 Å². The van der Waals surface area contributed by atoms with Crippen molar-refractivity contribution in [3.05, 3.63) is 41.2 Å². The summed E-state index contributed by atoms with van der Waals surface area (Å²) >= 11 is 3.13. The number of thioether (sulfide) groups is 1. The van der Waals surface area contributed by atoms with Gasteiger partial charge in [-0.3, -0.25) is 9.78 Å². The van der Waals surface area contributed by atoms with Crippen LogP contribution in [0.4, 0.5) is 0 Å². The number of carbonyl (C=O) groups is 1. The van der Waals surface area contributed by atoms with Crippen LogP contribution in [0.2, 0.25) is 0 Å². The van der Waals surface area contributed by atoms with Crippen molar-refractivity contribution < 1.29 is 9.53 Å². The summed E-state index contributed by atoms with van der Waals surface area (Å²) in [6, 6.07) is 3.94. The van der Waals surface area contributed by atoms with E-state index in [9.17, 15) is 4.79 Å². The van der Waals surface area contributed by atoms with Crippen LogP contribution in [0, 0.1) is 6.92 Å². The van der Waals surface area contributed by atoms with E-state index < -0.39 is 0 Å². The smallest absolute Gasteiger partial charge is 0.233 e.